The van der Waals surface area contributed by atoms with E-state index in [1.54, 1.807) is 24.9 Å². The predicted molar refractivity (Wildman–Crippen MR) is 47.2 cm³/mol. The number of ketones is 1. The minimum atomic E-state index is -0.745. The van der Waals surface area contributed by atoms with Gasteiger partial charge in [0.1, 0.15) is 0 Å². The lowest BCUT2D eigenvalue weighted by molar-refractivity contribution is -0.151. The Balaban J connectivity index is 2.71. The van der Waals surface area contributed by atoms with E-state index in [4.69, 9.17) is 4.74 Å². The number of ether oxygens (including phenoxy) is 1. The molecule has 1 heterocycles. The molecule has 0 aliphatic carbocycles. The van der Waals surface area contributed by atoms with Gasteiger partial charge in [-0.3, -0.25) is 9.69 Å². The Hall–Kier alpha value is -1.16. The average Bonchev–Trinajstić information content (AvgIpc) is 2.04. The van der Waals surface area contributed by atoms with Crippen LogP contribution in [-0.2, 0) is 14.3 Å². The first kappa shape index (κ1) is 9.92. The number of likely N-dealkylation sites (N-methyl/N-ethyl adjacent to an activating group) is 1. The SMILES string of the molecule is CCOC(=O)[C@H]1C(=O)C=CCN1C. The maximum Gasteiger partial charge on any atom is 0.331 e. The van der Waals surface area contributed by atoms with E-state index in [9.17, 15) is 9.59 Å². The zero-order chi connectivity index (χ0) is 9.84. The molecule has 0 fully saturated rings. The standard InChI is InChI=1S/C9H13NO3/c1-3-13-9(12)8-7(11)5-4-6-10(8)2/h4-5,8H,3,6H2,1-2H3/t8-/m1/s1. The molecule has 0 aromatic rings. The van der Waals surface area contributed by atoms with Gasteiger partial charge in [-0.15, -0.1) is 0 Å². The smallest absolute Gasteiger partial charge is 0.331 e. The molecule has 1 atom stereocenters. The second kappa shape index (κ2) is 4.18. The van der Waals surface area contributed by atoms with Gasteiger partial charge in [0.25, 0.3) is 0 Å². The topological polar surface area (TPSA) is 46.6 Å². The number of carbonyl (C=O) groups is 2. The molecular formula is C9H13NO3. The Bertz CT molecular complexity index is 247. The van der Waals surface area contributed by atoms with Crippen LogP contribution in [0.4, 0.5) is 0 Å². The van der Waals surface area contributed by atoms with Gasteiger partial charge >= 0.3 is 5.97 Å². The van der Waals surface area contributed by atoms with Crippen LogP contribution in [0, 0.1) is 0 Å². The van der Waals surface area contributed by atoms with Crippen LogP contribution in [0.15, 0.2) is 12.2 Å². The third kappa shape index (κ3) is 2.15. The molecule has 0 saturated carbocycles. The normalized spacial score (nSPS) is 23.2. The summed E-state index contributed by atoms with van der Waals surface area (Å²) >= 11 is 0. The number of hydrogen-bond acceptors (Lipinski definition) is 4. The molecule has 0 unspecified atom stereocenters. The molecule has 1 rings (SSSR count). The fourth-order valence-electron chi connectivity index (χ4n) is 1.27. The van der Waals surface area contributed by atoms with E-state index in [1.807, 2.05) is 0 Å². The second-order valence-corrected chi connectivity index (χ2v) is 2.90. The molecule has 0 radical (unpaired) electrons. The number of rotatable bonds is 2. The molecule has 0 aromatic carbocycles. The zero-order valence-corrected chi connectivity index (χ0v) is 7.82. The van der Waals surface area contributed by atoms with Crippen LogP contribution in [0.2, 0.25) is 0 Å². The van der Waals surface area contributed by atoms with Crippen LogP contribution >= 0.6 is 0 Å². The summed E-state index contributed by atoms with van der Waals surface area (Å²) in [6.07, 6.45) is 3.17. The Morgan fingerprint density at radius 3 is 3.00 bits per heavy atom. The average molecular weight is 183 g/mol. The monoisotopic (exact) mass is 183 g/mol. The molecule has 13 heavy (non-hydrogen) atoms. The molecule has 72 valence electrons. The molecule has 1 aliphatic heterocycles. The van der Waals surface area contributed by atoms with Gasteiger partial charge in [-0.05, 0) is 20.0 Å². The molecule has 0 saturated heterocycles. The number of hydrogen-bond donors (Lipinski definition) is 0. The molecule has 4 heteroatoms. The first-order chi connectivity index (χ1) is 6.16. The molecule has 0 bridgehead atoms. The molecule has 4 nitrogen and oxygen atoms in total. The van der Waals surface area contributed by atoms with Crippen molar-refractivity contribution in [1.29, 1.82) is 0 Å². The van der Waals surface area contributed by atoms with Crippen molar-refractivity contribution in [2.45, 2.75) is 13.0 Å². The van der Waals surface area contributed by atoms with Gasteiger partial charge in [-0.25, -0.2) is 4.79 Å². The third-order valence-corrected chi connectivity index (χ3v) is 1.90. The second-order valence-electron chi connectivity index (χ2n) is 2.90. The summed E-state index contributed by atoms with van der Waals surface area (Å²) in [6.45, 7) is 2.64. The molecular weight excluding hydrogens is 170 g/mol. The van der Waals surface area contributed by atoms with Crippen molar-refractivity contribution in [2.75, 3.05) is 20.2 Å². The maximum atomic E-state index is 11.3. The number of nitrogens with zero attached hydrogens (tertiary/aromatic N) is 1. The maximum absolute atomic E-state index is 11.3. The van der Waals surface area contributed by atoms with Gasteiger partial charge < -0.3 is 4.74 Å². The highest BCUT2D eigenvalue weighted by atomic mass is 16.5. The summed E-state index contributed by atoms with van der Waals surface area (Å²) in [5, 5.41) is 0. The Labute approximate surface area is 77.2 Å². The zero-order valence-electron chi connectivity index (χ0n) is 7.82. The summed E-state index contributed by atoms with van der Waals surface area (Å²) in [4.78, 5) is 24.3. The summed E-state index contributed by atoms with van der Waals surface area (Å²) < 4.78 is 4.79. The van der Waals surface area contributed by atoms with Crippen molar-refractivity contribution in [1.82, 2.24) is 4.90 Å². The fraction of sp³-hybridized carbons (Fsp3) is 0.556. The Morgan fingerprint density at radius 1 is 1.77 bits per heavy atom. The Morgan fingerprint density at radius 2 is 2.46 bits per heavy atom. The van der Waals surface area contributed by atoms with Gasteiger partial charge in [0.15, 0.2) is 11.8 Å². The molecule has 0 N–H and O–H groups in total. The van der Waals surface area contributed by atoms with Gasteiger partial charge in [-0.2, -0.15) is 0 Å². The van der Waals surface area contributed by atoms with E-state index in [2.05, 4.69) is 0 Å². The van der Waals surface area contributed by atoms with E-state index >= 15 is 0 Å². The summed E-state index contributed by atoms with van der Waals surface area (Å²) in [5.41, 5.74) is 0. The first-order valence-corrected chi connectivity index (χ1v) is 4.24. The van der Waals surface area contributed by atoms with Crippen molar-refractivity contribution in [3.05, 3.63) is 12.2 Å². The lowest BCUT2D eigenvalue weighted by Gasteiger charge is -2.25. The van der Waals surface area contributed by atoms with E-state index in [0.29, 0.717) is 13.2 Å². The molecule has 1 aliphatic rings. The van der Waals surface area contributed by atoms with E-state index in [-0.39, 0.29) is 5.78 Å². The summed E-state index contributed by atoms with van der Waals surface area (Å²) in [6, 6.07) is -0.745. The van der Waals surface area contributed by atoms with Crippen LogP contribution < -0.4 is 0 Å². The van der Waals surface area contributed by atoms with E-state index in [0.717, 1.165) is 0 Å². The first-order valence-electron chi connectivity index (χ1n) is 4.24. The largest absolute Gasteiger partial charge is 0.464 e. The van der Waals surface area contributed by atoms with Gasteiger partial charge in [-0.1, -0.05) is 6.08 Å². The number of carbonyl (C=O) groups excluding carboxylic acids is 2. The highest BCUT2D eigenvalue weighted by Gasteiger charge is 2.31. The quantitative estimate of drug-likeness (QED) is 0.446. The highest BCUT2D eigenvalue weighted by Crippen LogP contribution is 2.07. The highest BCUT2D eigenvalue weighted by molar-refractivity contribution is 6.09. The van der Waals surface area contributed by atoms with Gasteiger partial charge in [0.2, 0.25) is 0 Å². The summed E-state index contributed by atoms with van der Waals surface area (Å²) in [5.74, 6) is -0.661. The predicted octanol–water partition coefficient (Wildman–Crippen LogP) is -0.0112. The Kier molecular flexibility index (Phi) is 3.19. The van der Waals surface area contributed by atoms with Crippen molar-refractivity contribution in [2.24, 2.45) is 0 Å². The van der Waals surface area contributed by atoms with Crippen molar-refractivity contribution in [3.8, 4) is 0 Å². The number of esters is 1. The molecule has 0 spiro atoms. The van der Waals surface area contributed by atoms with Gasteiger partial charge in [0, 0.05) is 6.54 Å². The lowest BCUT2D eigenvalue weighted by atomic mass is 10.1. The van der Waals surface area contributed by atoms with E-state index < -0.39 is 12.0 Å². The third-order valence-electron chi connectivity index (χ3n) is 1.90. The van der Waals surface area contributed by atoms with Crippen molar-refractivity contribution in [3.63, 3.8) is 0 Å². The van der Waals surface area contributed by atoms with Crippen LogP contribution in [0.5, 0.6) is 0 Å². The van der Waals surface area contributed by atoms with Crippen molar-refractivity contribution < 1.29 is 14.3 Å². The lowest BCUT2D eigenvalue weighted by Crippen LogP contribution is -2.47. The summed E-state index contributed by atoms with van der Waals surface area (Å²) in [7, 11) is 1.73. The minimum Gasteiger partial charge on any atom is -0.464 e. The van der Waals surface area contributed by atoms with Crippen LogP contribution in [0.1, 0.15) is 6.92 Å². The van der Waals surface area contributed by atoms with Gasteiger partial charge in [0.05, 0.1) is 6.61 Å². The molecule has 0 aromatic heterocycles. The fourth-order valence-corrected chi connectivity index (χ4v) is 1.27. The van der Waals surface area contributed by atoms with Crippen LogP contribution in [0.25, 0.3) is 0 Å². The molecule has 0 amide bonds. The minimum absolute atomic E-state index is 0.202. The van der Waals surface area contributed by atoms with Crippen LogP contribution in [0.3, 0.4) is 0 Å². The van der Waals surface area contributed by atoms with Crippen LogP contribution in [-0.4, -0.2) is 42.9 Å². The van der Waals surface area contributed by atoms with Crippen molar-refractivity contribution >= 4 is 11.8 Å². The van der Waals surface area contributed by atoms with E-state index in [1.165, 1.54) is 6.08 Å².